The fourth-order valence-corrected chi connectivity index (χ4v) is 3.07. The van der Waals surface area contributed by atoms with Crippen molar-refractivity contribution in [1.29, 1.82) is 0 Å². The second-order valence-corrected chi connectivity index (χ2v) is 5.84. The Balaban J connectivity index is 1.94. The number of fused-ring (bicyclic) bond motifs is 1. The number of piperazine rings is 1. The quantitative estimate of drug-likeness (QED) is 0.793. The summed E-state index contributed by atoms with van der Waals surface area (Å²) in [5.41, 5.74) is 1.81. The van der Waals surface area contributed by atoms with Crippen molar-refractivity contribution in [3.05, 3.63) is 29.3 Å². The van der Waals surface area contributed by atoms with Crippen LogP contribution in [0.3, 0.4) is 0 Å². The van der Waals surface area contributed by atoms with Crippen molar-refractivity contribution < 1.29 is 19.5 Å². The van der Waals surface area contributed by atoms with Crippen LogP contribution < -0.4 is 5.32 Å². The topological polar surface area (TPSA) is 89.9 Å². The molecule has 0 spiro atoms. The Labute approximate surface area is 133 Å². The molecule has 0 aliphatic carbocycles. The molecule has 2 aliphatic rings. The van der Waals surface area contributed by atoms with Gasteiger partial charge in [0, 0.05) is 26.6 Å². The molecule has 2 N–H and O–H groups in total. The average molecular weight is 317 g/mol. The number of aliphatic hydroxyl groups is 1. The molecule has 1 saturated heterocycles. The summed E-state index contributed by atoms with van der Waals surface area (Å²) in [4.78, 5) is 39.6. The van der Waals surface area contributed by atoms with E-state index in [9.17, 15) is 19.5 Å². The number of aryl methyl sites for hydroxylation is 1. The van der Waals surface area contributed by atoms with Gasteiger partial charge in [-0.1, -0.05) is 12.1 Å². The zero-order valence-corrected chi connectivity index (χ0v) is 12.9. The van der Waals surface area contributed by atoms with Crippen LogP contribution >= 0.6 is 0 Å². The van der Waals surface area contributed by atoms with E-state index in [0.717, 1.165) is 5.56 Å². The minimum Gasteiger partial charge on any atom is -0.394 e. The molecular formula is C16H19N3O4. The van der Waals surface area contributed by atoms with Gasteiger partial charge in [-0.05, 0) is 18.1 Å². The van der Waals surface area contributed by atoms with E-state index < -0.39 is 12.6 Å². The lowest BCUT2D eigenvalue weighted by Crippen LogP contribution is -2.59. The molecule has 0 radical (unpaired) electrons. The van der Waals surface area contributed by atoms with Crippen molar-refractivity contribution in [2.75, 3.05) is 32.1 Å². The number of amides is 3. The number of carbonyl (C=O) groups is 3. The van der Waals surface area contributed by atoms with E-state index in [1.165, 1.54) is 9.80 Å². The van der Waals surface area contributed by atoms with Crippen LogP contribution in [0.15, 0.2) is 18.2 Å². The molecule has 1 fully saturated rings. The molecule has 1 aromatic carbocycles. The number of aliphatic hydroxyl groups excluding tert-OH is 1. The number of anilines is 1. The highest BCUT2D eigenvalue weighted by Crippen LogP contribution is 2.28. The molecule has 1 unspecified atom stereocenters. The lowest BCUT2D eigenvalue weighted by Gasteiger charge is -2.38. The summed E-state index contributed by atoms with van der Waals surface area (Å²) in [6.07, 6.45) is 0.990. The van der Waals surface area contributed by atoms with Crippen molar-refractivity contribution in [3.63, 3.8) is 0 Å². The maximum atomic E-state index is 12.9. The summed E-state index contributed by atoms with van der Waals surface area (Å²) in [7, 11) is 1.65. The van der Waals surface area contributed by atoms with Crippen LogP contribution in [0, 0.1) is 0 Å². The summed E-state index contributed by atoms with van der Waals surface area (Å²) in [6, 6.07) is 4.42. The maximum absolute atomic E-state index is 12.9. The maximum Gasteiger partial charge on any atom is 0.256 e. The van der Waals surface area contributed by atoms with Gasteiger partial charge in [0.25, 0.3) is 5.91 Å². The van der Waals surface area contributed by atoms with E-state index in [1.54, 1.807) is 19.2 Å². The molecule has 3 amide bonds. The SMILES string of the molecule is CN1CCN(C(=O)c2cccc3c2NC(=O)CC3)C(CO)C1=O. The third-order valence-corrected chi connectivity index (χ3v) is 4.41. The number of carbonyl (C=O) groups excluding carboxylic acids is 3. The summed E-state index contributed by atoms with van der Waals surface area (Å²) in [5.74, 6) is -0.739. The monoisotopic (exact) mass is 317 g/mol. The number of nitrogens with one attached hydrogen (secondary N) is 1. The first-order valence-corrected chi connectivity index (χ1v) is 7.61. The van der Waals surface area contributed by atoms with E-state index in [2.05, 4.69) is 5.32 Å². The Morgan fingerprint density at radius 1 is 1.30 bits per heavy atom. The number of hydrogen-bond acceptors (Lipinski definition) is 4. The van der Waals surface area contributed by atoms with Gasteiger partial charge in [0.1, 0.15) is 6.04 Å². The second-order valence-electron chi connectivity index (χ2n) is 5.84. The van der Waals surface area contributed by atoms with Crippen LogP contribution in [0.4, 0.5) is 5.69 Å². The molecule has 2 aliphatic heterocycles. The molecule has 0 aromatic heterocycles. The number of rotatable bonds is 2. The average Bonchev–Trinajstić information content (AvgIpc) is 2.56. The second kappa shape index (κ2) is 6.00. The molecular weight excluding hydrogens is 298 g/mol. The molecule has 0 bridgehead atoms. The first-order chi connectivity index (χ1) is 11.0. The first-order valence-electron chi connectivity index (χ1n) is 7.61. The predicted molar refractivity (Wildman–Crippen MR) is 82.9 cm³/mol. The van der Waals surface area contributed by atoms with Crippen molar-refractivity contribution in [2.24, 2.45) is 0 Å². The minimum absolute atomic E-state index is 0.120. The van der Waals surface area contributed by atoms with Gasteiger partial charge in [-0.15, -0.1) is 0 Å². The van der Waals surface area contributed by atoms with Gasteiger partial charge >= 0.3 is 0 Å². The first kappa shape index (κ1) is 15.5. The minimum atomic E-state index is -0.878. The Bertz CT molecular complexity index is 673. The number of para-hydroxylation sites is 1. The van der Waals surface area contributed by atoms with Gasteiger partial charge in [0.05, 0.1) is 17.9 Å². The van der Waals surface area contributed by atoms with E-state index in [1.807, 2.05) is 6.07 Å². The smallest absolute Gasteiger partial charge is 0.256 e. The Morgan fingerprint density at radius 2 is 2.09 bits per heavy atom. The van der Waals surface area contributed by atoms with Gasteiger partial charge in [0.2, 0.25) is 11.8 Å². The zero-order chi connectivity index (χ0) is 16.6. The molecule has 1 aromatic rings. The predicted octanol–water partition coefficient (Wildman–Crippen LogP) is -0.154. The fourth-order valence-electron chi connectivity index (χ4n) is 3.07. The van der Waals surface area contributed by atoms with Gasteiger partial charge in [-0.2, -0.15) is 0 Å². The highest BCUT2D eigenvalue weighted by Gasteiger charge is 2.37. The highest BCUT2D eigenvalue weighted by atomic mass is 16.3. The lowest BCUT2D eigenvalue weighted by atomic mass is 9.97. The molecule has 122 valence electrons. The number of likely N-dealkylation sites (N-methyl/N-ethyl adjacent to an activating group) is 1. The molecule has 3 rings (SSSR count). The number of hydrogen-bond donors (Lipinski definition) is 2. The number of nitrogens with zero attached hydrogens (tertiary/aromatic N) is 2. The van der Waals surface area contributed by atoms with Crippen LogP contribution in [0.5, 0.6) is 0 Å². The molecule has 7 nitrogen and oxygen atoms in total. The number of benzene rings is 1. The van der Waals surface area contributed by atoms with E-state index in [0.29, 0.717) is 37.2 Å². The van der Waals surface area contributed by atoms with Crippen LogP contribution in [0.1, 0.15) is 22.3 Å². The van der Waals surface area contributed by atoms with Gasteiger partial charge in [0.15, 0.2) is 0 Å². The molecule has 23 heavy (non-hydrogen) atoms. The molecule has 2 heterocycles. The molecule has 0 saturated carbocycles. The van der Waals surface area contributed by atoms with Crippen molar-refractivity contribution in [3.8, 4) is 0 Å². The van der Waals surface area contributed by atoms with Crippen molar-refractivity contribution >= 4 is 23.4 Å². The normalized spacial score (nSPS) is 21.0. The lowest BCUT2D eigenvalue weighted by molar-refractivity contribution is -0.140. The van der Waals surface area contributed by atoms with Crippen LogP contribution in [0.25, 0.3) is 0 Å². The van der Waals surface area contributed by atoms with E-state index in [-0.39, 0.29) is 17.7 Å². The largest absolute Gasteiger partial charge is 0.394 e. The Kier molecular flexibility index (Phi) is 4.04. The van der Waals surface area contributed by atoms with E-state index >= 15 is 0 Å². The van der Waals surface area contributed by atoms with Crippen LogP contribution in [-0.2, 0) is 16.0 Å². The summed E-state index contributed by atoms with van der Waals surface area (Å²) in [5, 5.41) is 12.3. The fraction of sp³-hybridized carbons (Fsp3) is 0.438. The summed E-state index contributed by atoms with van der Waals surface area (Å²) in [6.45, 7) is 0.350. The highest BCUT2D eigenvalue weighted by molar-refractivity contribution is 6.07. The van der Waals surface area contributed by atoms with Crippen LogP contribution in [0.2, 0.25) is 0 Å². The standard InChI is InChI=1S/C16H19N3O4/c1-18-7-8-19(12(9-20)16(18)23)15(22)11-4-2-3-10-5-6-13(21)17-14(10)11/h2-4,12,20H,5-9H2,1H3,(H,17,21). The molecule has 7 heteroatoms. The molecule has 1 atom stereocenters. The van der Waals surface area contributed by atoms with E-state index in [4.69, 9.17) is 0 Å². The Morgan fingerprint density at radius 3 is 2.83 bits per heavy atom. The third kappa shape index (κ3) is 2.68. The van der Waals surface area contributed by atoms with Crippen LogP contribution in [-0.4, -0.2) is 65.4 Å². The van der Waals surface area contributed by atoms with Crippen molar-refractivity contribution in [1.82, 2.24) is 9.80 Å². The van der Waals surface area contributed by atoms with Gasteiger partial charge in [-0.3, -0.25) is 14.4 Å². The Hall–Kier alpha value is -2.41. The summed E-state index contributed by atoms with van der Waals surface area (Å²) >= 11 is 0. The third-order valence-electron chi connectivity index (χ3n) is 4.41. The summed E-state index contributed by atoms with van der Waals surface area (Å²) < 4.78 is 0. The van der Waals surface area contributed by atoms with Gasteiger partial charge in [-0.25, -0.2) is 0 Å². The van der Waals surface area contributed by atoms with Gasteiger partial charge < -0.3 is 20.2 Å². The van der Waals surface area contributed by atoms with Crippen molar-refractivity contribution in [2.45, 2.75) is 18.9 Å². The zero-order valence-electron chi connectivity index (χ0n) is 12.9.